The quantitative estimate of drug-likeness (QED) is 0.838. The van der Waals surface area contributed by atoms with Crippen molar-refractivity contribution in [3.05, 3.63) is 52.5 Å². The van der Waals surface area contributed by atoms with Crippen molar-refractivity contribution in [2.75, 3.05) is 37.6 Å². The molecule has 2 aromatic rings. The molecule has 1 aliphatic heterocycles. The van der Waals surface area contributed by atoms with E-state index < -0.39 is 6.03 Å². The van der Waals surface area contributed by atoms with Gasteiger partial charge in [-0.1, -0.05) is 6.07 Å². The summed E-state index contributed by atoms with van der Waals surface area (Å²) in [7, 11) is 0. The van der Waals surface area contributed by atoms with Crippen LogP contribution < -0.4 is 15.5 Å². The summed E-state index contributed by atoms with van der Waals surface area (Å²) in [5, 5.41) is 6.96. The summed E-state index contributed by atoms with van der Waals surface area (Å²) in [5.74, 6) is -0.565. The lowest BCUT2D eigenvalue weighted by molar-refractivity contribution is -0.121. The molecule has 1 aromatic heterocycles. The Hall–Kier alpha value is -2.45. The molecule has 0 bridgehead atoms. The second kappa shape index (κ2) is 8.77. The first-order chi connectivity index (χ1) is 12.6. The smallest absolute Gasteiger partial charge is 0.321 e. The van der Waals surface area contributed by atoms with Crippen LogP contribution in [0.2, 0.25) is 0 Å². The van der Waals surface area contributed by atoms with Gasteiger partial charge in [0.1, 0.15) is 5.82 Å². The molecule has 1 aromatic carbocycles. The van der Waals surface area contributed by atoms with E-state index in [1.54, 1.807) is 23.5 Å². The number of piperazine rings is 1. The van der Waals surface area contributed by atoms with Crippen LogP contribution in [-0.4, -0.2) is 49.6 Å². The number of rotatable bonds is 5. The minimum atomic E-state index is -0.478. The van der Waals surface area contributed by atoms with E-state index in [0.29, 0.717) is 19.6 Å². The highest BCUT2D eigenvalue weighted by Gasteiger charge is 2.20. The number of nitrogens with zero attached hydrogens (tertiary/aromatic N) is 2. The van der Waals surface area contributed by atoms with E-state index in [0.717, 1.165) is 23.7 Å². The van der Waals surface area contributed by atoms with E-state index >= 15 is 0 Å². The second-order valence-electron chi connectivity index (χ2n) is 6.05. The fraction of sp³-hybridized carbons (Fsp3) is 0.333. The molecule has 8 heteroatoms. The molecular formula is C18H21FN4O2S. The average Bonchev–Trinajstić information content (AvgIpc) is 3.15. The number of carbonyl (C=O) groups is 2. The minimum Gasteiger partial charge on any atom is -0.369 e. The van der Waals surface area contributed by atoms with Gasteiger partial charge < -0.3 is 10.2 Å². The van der Waals surface area contributed by atoms with Crippen molar-refractivity contribution in [3.63, 3.8) is 0 Å². The van der Waals surface area contributed by atoms with Crippen molar-refractivity contribution in [2.24, 2.45) is 0 Å². The zero-order valence-electron chi connectivity index (χ0n) is 14.3. The molecule has 0 radical (unpaired) electrons. The highest BCUT2D eigenvalue weighted by Crippen LogP contribution is 2.16. The standard InChI is InChI=1S/C18H21FN4O2S/c19-14-3-5-15(6-4-14)23-9-7-22(8-10-23)13-17(24)21-18(25)20-12-16-2-1-11-26-16/h1-6,11H,7-10,12-13H2,(H2,20,21,24,25). The second-order valence-corrected chi connectivity index (χ2v) is 7.08. The van der Waals surface area contributed by atoms with Crippen molar-refractivity contribution in [1.29, 1.82) is 0 Å². The fourth-order valence-electron chi connectivity index (χ4n) is 2.81. The summed E-state index contributed by atoms with van der Waals surface area (Å²) in [5.41, 5.74) is 0.975. The van der Waals surface area contributed by atoms with Crippen LogP contribution >= 0.6 is 11.3 Å². The van der Waals surface area contributed by atoms with Gasteiger partial charge in [-0.2, -0.15) is 0 Å². The molecule has 3 rings (SSSR count). The van der Waals surface area contributed by atoms with Crippen molar-refractivity contribution in [3.8, 4) is 0 Å². The topological polar surface area (TPSA) is 64.7 Å². The average molecular weight is 376 g/mol. The largest absolute Gasteiger partial charge is 0.369 e. The van der Waals surface area contributed by atoms with Crippen LogP contribution in [0.15, 0.2) is 41.8 Å². The molecule has 2 heterocycles. The van der Waals surface area contributed by atoms with Crippen molar-refractivity contribution >= 4 is 29.0 Å². The number of amides is 3. The number of anilines is 1. The normalized spacial score (nSPS) is 14.9. The molecule has 3 amide bonds. The van der Waals surface area contributed by atoms with Crippen molar-refractivity contribution < 1.29 is 14.0 Å². The number of carbonyl (C=O) groups excluding carboxylic acids is 2. The van der Waals surface area contributed by atoms with Crippen LogP contribution in [0.5, 0.6) is 0 Å². The first-order valence-electron chi connectivity index (χ1n) is 8.43. The van der Waals surface area contributed by atoms with Gasteiger partial charge in [-0.25, -0.2) is 9.18 Å². The van der Waals surface area contributed by atoms with E-state index in [1.807, 2.05) is 22.4 Å². The summed E-state index contributed by atoms with van der Waals surface area (Å²) in [6.45, 7) is 3.52. The number of hydrogen-bond donors (Lipinski definition) is 2. The molecular weight excluding hydrogens is 355 g/mol. The molecule has 0 spiro atoms. The van der Waals surface area contributed by atoms with E-state index in [-0.39, 0.29) is 18.3 Å². The highest BCUT2D eigenvalue weighted by atomic mass is 32.1. The van der Waals surface area contributed by atoms with Crippen LogP contribution in [0, 0.1) is 5.82 Å². The first kappa shape index (κ1) is 18.3. The number of thiophene rings is 1. The molecule has 1 fully saturated rings. The Morgan fingerprint density at radius 1 is 1.08 bits per heavy atom. The summed E-state index contributed by atoms with van der Waals surface area (Å²) in [6, 6.07) is 9.77. The predicted molar refractivity (Wildman–Crippen MR) is 99.8 cm³/mol. The van der Waals surface area contributed by atoms with E-state index in [2.05, 4.69) is 15.5 Å². The van der Waals surface area contributed by atoms with Gasteiger partial charge in [-0.15, -0.1) is 11.3 Å². The van der Waals surface area contributed by atoms with Gasteiger partial charge in [0, 0.05) is 36.7 Å². The first-order valence-corrected chi connectivity index (χ1v) is 9.31. The summed E-state index contributed by atoms with van der Waals surface area (Å²) < 4.78 is 13.0. The molecule has 0 aliphatic carbocycles. The zero-order valence-corrected chi connectivity index (χ0v) is 15.1. The molecule has 0 unspecified atom stereocenters. The Morgan fingerprint density at radius 3 is 2.46 bits per heavy atom. The number of imide groups is 1. The fourth-order valence-corrected chi connectivity index (χ4v) is 3.45. The van der Waals surface area contributed by atoms with Gasteiger partial charge in [0.15, 0.2) is 0 Å². The lowest BCUT2D eigenvalue weighted by Crippen LogP contribution is -2.51. The third-order valence-electron chi connectivity index (χ3n) is 4.19. The summed E-state index contributed by atoms with van der Waals surface area (Å²) in [6.07, 6.45) is 0. The SMILES string of the molecule is O=C(CN1CCN(c2ccc(F)cc2)CC1)NC(=O)NCc1cccs1. The maximum atomic E-state index is 13.0. The maximum absolute atomic E-state index is 13.0. The van der Waals surface area contributed by atoms with Crippen molar-refractivity contribution in [1.82, 2.24) is 15.5 Å². The van der Waals surface area contributed by atoms with Crippen LogP contribution in [-0.2, 0) is 11.3 Å². The molecule has 1 aliphatic rings. The van der Waals surface area contributed by atoms with Crippen LogP contribution in [0.4, 0.5) is 14.9 Å². The Balaban J connectivity index is 1.37. The predicted octanol–water partition coefficient (Wildman–Crippen LogP) is 2.04. The van der Waals surface area contributed by atoms with Gasteiger partial charge in [-0.05, 0) is 35.7 Å². The molecule has 0 saturated carbocycles. The Morgan fingerprint density at radius 2 is 1.81 bits per heavy atom. The monoisotopic (exact) mass is 376 g/mol. The number of urea groups is 1. The maximum Gasteiger partial charge on any atom is 0.321 e. The third-order valence-corrected chi connectivity index (χ3v) is 5.06. The Bertz CT molecular complexity index is 728. The van der Waals surface area contributed by atoms with E-state index in [4.69, 9.17) is 0 Å². The zero-order chi connectivity index (χ0) is 18.4. The number of nitrogens with one attached hydrogen (secondary N) is 2. The lowest BCUT2D eigenvalue weighted by Gasteiger charge is -2.35. The number of benzene rings is 1. The highest BCUT2D eigenvalue weighted by molar-refractivity contribution is 7.09. The van der Waals surface area contributed by atoms with E-state index in [9.17, 15) is 14.0 Å². The Kier molecular flexibility index (Phi) is 6.19. The Labute approximate surface area is 155 Å². The van der Waals surface area contributed by atoms with Gasteiger partial charge >= 0.3 is 6.03 Å². The molecule has 0 atom stereocenters. The third kappa shape index (κ3) is 5.27. The van der Waals surface area contributed by atoms with Gasteiger partial charge in [0.25, 0.3) is 0 Å². The van der Waals surface area contributed by atoms with E-state index in [1.165, 1.54) is 12.1 Å². The summed E-state index contributed by atoms with van der Waals surface area (Å²) in [4.78, 5) is 29.0. The minimum absolute atomic E-state index is 0.184. The van der Waals surface area contributed by atoms with Crippen LogP contribution in [0.3, 0.4) is 0 Å². The molecule has 1 saturated heterocycles. The molecule has 138 valence electrons. The number of hydrogen-bond acceptors (Lipinski definition) is 5. The van der Waals surface area contributed by atoms with Gasteiger partial charge in [0.2, 0.25) is 5.91 Å². The molecule has 26 heavy (non-hydrogen) atoms. The van der Waals surface area contributed by atoms with Crippen LogP contribution in [0.25, 0.3) is 0 Å². The van der Waals surface area contributed by atoms with Crippen molar-refractivity contribution in [2.45, 2.75) is 6.54 Å². The molecule has 2 N–H and O–H groups in total. The number of halogens is 1. The summed E-state index contributed by atoms with van der Waals surface area (Å²) >= 11 is 1.55. The van der Waals surface area contributed by atoms with Gasteiger partial charge in [0.05, 0.1) is 13.1 Å². The molecule has 6 nitrogen and oxygen atoms in total. The van der Waals surface area contributed by atoms with Gasteiger partial charge in [-0.3, -0.25) is 15.0 Å². The van der Waals surface area contributed by atoms with Crippen LogP contribution in [0.1, 0.15) is 4.88 Å². The lowest BCUT2D eigenvalue weighted by atomic mass is 10.2.